The molecule has 1 aromatic carbocycles. The average Bonchev–Trinajstić information content (AvgIpc) is 2.87. The minimum absolute atomic E-state index is 0.167. The van der Waals surface area contributed by atoms with Gasteiger partial charge in [0.2, 0.25) is 0 Å². The first-order valence-electron chi connectivity index (χ1n) is 6.77. The number of halogens is 1. The number of aliphatic hydroxyl groups is 1. The quantitative estimate of drug-likeness (QED) is 0.903. The van der Waals surface area contributed by atoms with E-state index in [0.29, 0.717) is 11.4 Å². The first-order chi connectivity index (χ1) is 9.15. The lowest BCUT2D eigenvalue weighted by Gasteiger charge is -2.23. The first-order valence-corrected chi connectivity index (χ1v) is 7.15. The molecule has 1 heterocycles. The van der Waals surface area contributed by atoms with Crippen molar-refractivity contribution < 1.29 is 14.6 Å². The van der Waals surface area contributed by atoms with E-state index in [2.05, 4.69) is 6.92 Å². The highest BCUT2D eigenvalue weighted by Gasteiger charge is 2.33. The molecular formula is C15H21ClO3. The van der Waals surface area contributed by atoms with Crippen LogP contribution in [0, 0.1) is 5.92 Å². The fraction of sp³-hybridized carbons (Fsp3) is 0.600. The molecule has 0 radical (unpaired) electrons. The molecule has 1 saturated heterocycles. The molecule has 0 spiro atoms. The molecule has 1 aromatic rings. The maximum absolute atomic E-state index is 10.4. The van der Waals surface area contributed by atoms with Gasteiger partial charge in [0.25, 0.3) is 0 Å². The Labute approximate surface area is 119 Å². The number of benzene rings is 1. The average molecular weight is 285 g/mol. The van der Waals surface area contributed by atoms with Gasteiger partial charge in [0.05, 0.1) is 19.3 Å². The Morgan fingerprint density at radius 2 is 2.32 bits per heavy atom. The maximum atomic E-state index is 10.4. The zero-order valence-corrected chi connectivity index (χ0v) is 12.2. The summed E-state index contributed by atoms with van der Waals surface area (Å²) in [6.45, 7) is 2.84. The summed E-state index contributed by atoms with van der Waals surface area (Å²) in [5.74, 6) is 0.976. The van der Waals surface area contributed by atoms with Gasteiger partial charge in [-0.1, -0.05) is 18.5 Å². The molecule has 0 amide bonds. The second-order valence-corrected chi connectivity index (χ2v) is 5.43. The summed E-state index contributed by atoms with van der Waals surface area (Å²) >= 11 is 6.01. The number of hydrogen-bond acceptors (Lipinski definition) is 3. The van der Waals surface area contributed by atoms with Crippen molar-refractivity contribution in [2.45, 2.75) is 38.4 Å². The summed E-state index contributed by atoms with van der Waals surface area (Å²) in [4.78, 5) is 0. The van der Waals surface area contributed by atoms with E-state index in [1.165, 1.54) is 0 Å². The van der Waals surface area contributed by atoms with E-state index < -0.39 is 6.10 Å². The zero-order valence-electron chi connectivity index (χ0n) is 11.4. The van der Waals surface area contributed by atoms with Crippen LogP contribution >= 0.6 is 11.6 Å². The number of hydrogen-bond donors (Lipinski definition) is 1. The van der Waals surface area contributed by atoms with Gasteiger partial charge in [0.15, 0.2) is 0 Å². The number of methoxy groups -OCH3 is 1. The maximum Gasteiger partial charge on any atom is 0.122 e. The van der Waals surface area contributed by atoms with Crippen LogP contribution in [0.4, 0.5) is 0 Å². The lowest BCUT2D eigenvalue weighted by atomic mass is 9.89. The number of rotatable bonds is 5. The molecular weight excluding hydrogens is 264 g/mol. The third-order valence-corrected chi connectivity index (χ3v) is 4.06. The van der Waals surface area contributed by atoms with Gasteiger partial charge in [0, 0.05) is 24.0 Å². The molecule has 19 heavy (non-hydrogen) atoms. The normalized spacial score (nSPS) is 24.4. The van der Waals surface area contributed by atoms with Crippen molar-refractivity contribution >= 4 is 11.6 Å². The molecule has 106 valence electrons. The molecule has 1 aliphatic heterocycles. The van der Waals surface area contributed by atoms with Gasteiger partial charge in [-0.3, -0.25) is 0 Å². The standard InChI is InChI=1S/C15H21ClO3/c1-3-14-12(6-7-19-14)13(17)9-10-8-11(16)4-5-15(10)18-2/h4-5,8,12-14,17H,3,6-7,9H2,1-2H3. The monoisotopic (exact) mass is 284 g/mol. The summed E-state index contributed by atoms with van der Waals surface area (Å²) < 4.78 is 11.0. The van der Waals surface area contributed by atoms with Crippen LogP contribution in [0.25, 0.3) is 0 Å². The Balaban J connectivity index is 2.09. The summed E-state index contributed by atoms with van der Waals surface area (Å²) in [5.41, 5.74) is 0.948. The molecule has 3 atom stereocenters. The van der Waals surface area contributed by atoms with Crippen LogP contribution in [-0.4, -0.2) is 31.0 Å². The Hall–Kier alpha value is -0.770. The summed E-state index contributed by atoms with van der Waals surface area (Å²) in [6, 6.07) is 5.50. The van der Waals surface area contributed by atoms with E-state index in [-0.39, 0.29) is 12.0 Å². The van der Waals surface area contributed by atoms with Gasteiger partial charge in [-0.25, -0.2) is 0 Å². The van der Waals surface area contributed by atoms with Crippen LogP contribution in [0.15, 0.2) is 18.2 Å². The Morgan fingerprint density at radius 1 is 1.53 bits per heavy atom. The minimum Gasteiger partial charge on any atom is -0.496 e. The van der Waals surface area contributed by atoms with Crippen molar-refractivity contribution in [2.75, 3.05) is 13.7 Å². The van der Waals surface area contributed by atoms with Crippen molar-refractivity contribution in [3.63, 3.8) is 0 Å². The van der Waals surface area contributed by atoms with E-state index in [1.807, 2.05) is 12.1 Å². The van der Waals surface area contributed by atoms with Crippen LogP contribution in [0.5, 0.6) is 5.75 Å². The van der Waals surface area contributed by atoms with Crippen molar-refractivity contribution in [3.05, 3.63) is 28.8 Å². The van der Waals surface area contributed by atoms with Gasteiger partial charge in [-0.2, -0.15) is 0 Å². The minimum atomic E-state index is -0.417. The van der Waals surface area contributed by atoms with Gasteiger partial charge in [-0.05, 0) is 36.6 Å². The lowest BCUT2D eigenvalue weighted by Crippen LogP contribution is -2.29. The second-order valence-electron chi connectivity index (χ2n) is 5.00. The van der Waals surface area contributed by atoms with E-state index in [9.17, 15) is 5.11 Å². The predicted octanol–water partition coefficient (Wildman–Crippen LogP) is 3.07. The van der Waals surface area contributed by atoms with Gasteiger partial charge in [0.1, 0.15) is 5.75 Å². The Bertz CT molecular complexity index is 422. The molecule has 2 rings (SSSR count). The molecule has 1 N–H and O–H groups in total. The Kier molecular flexibility index (Phi) is 5.08. The number of ether oxygens (including phenoxy) is 2. The van der Waals surface area contributed by atoms with E-state index in [1.54, 1.807) is 13.2 Å². The van der Waals surface area contributed by atoms with E-state index in [0.717, 1.165) is 30.8 Å². The smallest absolute Gasteiger partial charge is 0.122 e. The predicted molar refractivity (Wildman–Crippen MR) is 75.9 cm³/mol. The fourth-order valence-corrected chi connectivity index (χ4v) is 3.00. The van der Waals surface area contributed by atoms with E-state index in [4.69, 9.17) is 21.1 Å². The highest BCUT2D eigenvalue weighted by Crippen LogP contribution is 2.31. The zero-order chi connectivity index (χ0) is 13.8. The highest BCUT2D eigenvalue weighted by molar-refractivity contribution is 6.30. The summed E-state index contributed by atoms with van der Waals surface area (Å²) in [5, 5.41) is 11.1. The molecule has 0 bridgehead atoms. The fourth-order valence-electron chi connectivity index (χ4n) is 2.81. The molecule has 1 aliphatic rings. The van der Waals surface area contributed by atoms with E-state index >= 15 is 0 Å². The summed E-state index contributed by atoms with van der Waals surface area (Å²) in [6.07, 6.45) is 2.16. The topological polar surface area (TPSA) is 38.7 Å². The SMILES string of the molecule is CCC1OCCC1C(O)Cc1cc(Cl)ccc1OC. The third kappa shape index (κ3) is 3.41. The van der Waals surface area contributed by atoms with Crippen molar-refractivity contribution in [1.29, 1.82) is 0 Å². The molecule has 3 nitrogen and oxygen atoms in total. The van der Waals surface area contributed by atoms with Crippen molar-refractivity contribution in [1.82, 2.24) is 0 Å². The third-order valence-electron chi connectivity index (χ3n) is 3.83. The van der Waals surface area contributed by atoms with Crippen LogP contribution < -0.4 is 4.74 Å². The Morgan fingerprint density at radius 3 is 3.00 bits per heavy atom. The van der Waals surface area contributed by atoms with Gasteiger partial charge in [-0.15, -0.1) is 0 Å². The van der Waals surface area contributed by atoms with Crippen LogP contribution in [0.2, 0.25) is 5.02 Å². The molecule has 4 heteroatoms. The lowest BCUT2D eigenvalue weighted by molar-refractivity contribution is 0.0315. The molecule has 3 unspecified atom stereocenters. The van der Waals surface area contributed by atoms with Crippen molar-refractivity contribution in [2.24, 2.45) is 5.92 Å². The van der Waals surface area contributed by atoms with Crippen molar-refractivity contribution in [3.8, 4) is 5.75 Å². The molecule has 0 saturated carbocycles. The van der Waals surface area contributed by atoms with Crippen LogP contribution in [0.3, 0.4) is 0 Å². The molecule has 1 fully saturated rings. The molecule has 0 aromatic heterocycles. The largest absolute Gasteiger partial charge is 0.496 e. The van der Waals surface area contributed by atoms with Gasteiger partial charge >= 0.3 is 0 Å². The first kappa shape index (κ1) is 14.6. The second kappa shape index (κ2) is 6.60. The van der Waals surface area contributed by atoms with Crippen LogP contribution in [-0.2, 0) is 11.2 Å². The summed E-state index contributed by atoms with van der Waals surface area (Å²) in [7, 11) is 1.63. The highest BCUT2D eigenvalue weighted by atomic mass is 35.5. The number of aliphatic hydroxyl groups excluding tert-OH is 1. The van der Waals surface area contributed by atoms with Crippen LogP contribution in [0.1, 0.15) is 25.3 Å². The molecule has 0 aliphatic carbocycles. The van der Waals surface area contributed by atoms with Gasteiger partial charge < -0.3 is 14.6 Å².